The van der Waals surface area contributed by atoms with Crippen molar-refractivity contribution in [2.75, 3.05) is 20.7 Å². The van der Waals surface area contributed by atoms with Gasteiger partial charge >= 0.3 is 0 Å². The van der Waals surface area contributed by atoms with Crippen LogP contribution in [0.4, 0.5) is 0 Å². The van der Waals surface area contributed by atoms with Crippen LogP contribution < -0.4 is 10.1 Å². The number of nitrogens with zero attached hydrogens (tertiary/aromatic N) is 2. The van der Waals surface area contributed by atoms with Crippen LogP contribution in [0.15, 0.2) is 24.3 Å². The lowest BCUT2D eigenvalue weighted by molar-refractivity contribution is 0.415. The van der Waals surface area contributed by atoms with Crippen molar-refractivity contribution in [2.45, 2.75) is 6.42 Å². The van der Waals surface area contributed by atoms with E-state index in [9.17, 15) is 0 Å². The maximum absolute atomic E-state index is 5.12. The van der Waals surface area contributed by atoms with Crippen molar-refractivity contribution in [2.24, 2.45) is 0 Å². The molecule has 0 bridgehead atoms. The number of hydrogen-bond acceptors (Lipinski definition) is 5. The predicted octanol–water partition coefficient (Wildman–Crippen LogP) is 1.98. The first-order chi connectivity index (χ1) is 8.33. The fourth-order valence-electron chi connectivity index (χ4n) is 1.44. The van der Waals surface area contributed by atoms with Crippen molar-refractivity contribution in [1.82, 2.24) is 15.5 Å². The number of hydrogen-bond donors (Lipinski definition) is 1. The molecule has 1 N–H and O–H groups in total. The van der Waals surface area contributed by atoms with Gasteiger partial charge in [-0.2, -0.15) is 0 Å². The van der Waals surface area contributed by atoms with Gasteiger partial charge in [0, 0.05) is 18.5 Å². The Kier molecular flexibility index (Phi) is 4.06. The Balaban J connectivity index is 2.12. The first-order valence-electron chi connectivity index (χ1n) is 5.45. The monoisotopic (exact) mass is 249 g/mol. The van der Waals surface area contributed by atoms with Crippen LogP contribution in [0.1, 0.15) is 5.01 Å². The molecule has 0 amide bonds. The standard InChI is InChI=1S/C12H15N3OS/c1-13-8-7-11-14-15-12(17-11)9-3-5-10(16-2)6-4-9/h3-6,13H,7-8H2,1-2H3. The van der Waals surface area contributed by atoms with Gasteiger partial charge in [0.15, 0.2) is 0 Å². The molecule has 0 radical (unpaired) electrons. The fraction of sp³-hybridized carbons (Fsp3) is 0.333. The van der Waals surface area contributed by atoms with E-state index in [1.165, 1.54) is 0 Å². The molecule has 0 aliphatic heterocycles. The molecule has 0 atom stereocenters. The predicted molar refractivity (Wildman–Crippen MR) is 69.5 cm³/mol. The number of ether oxygens (including phenoxy) is 1. The Morgan fingerprint density at radius 2 is 2.00 bits per heavy atom. The molecule has 5 heteroatoms. The molecule has 2 rings (SSSR count). The van der Waals surface area contributed by atoms with Gasteiger partial charge in [0.25, 0.3) is 0 Å². The SMILES string of the molecule is CNCCc1nnc(-c2ccc(OC)cc2)s1. The minimum atomic E-state index is 0.855. The number of nitrogens with one attached hydrogen (secondary N) is 1. The summed E-state index contributed by atoms with van der Waals surface area (Å²) in [4.78, 5) is 0. The van der Waals surface area contributed by atoms with Crippen LogP contribution in [0, 0.1) is 0 Å². The first kappa shape index (κ1) is 12.0. The molecule has 1 aromatic heterocycles. The third-order valence-electron chi connectivity index (χ3n) is 2.39. The number of benzene rings is 1. The van der Waals surface area contributed by atoms with Crippen molar-refractivity contribution in [3.63, 3.8) is 0 Å². The van der Waals surface area contributed by atoms with E-state index >= 15 is 0 Å². The van der Waals surface area contributed by atoms with Crippen LogP contribution >= 0.6 is 11.3 Å². The van der Waals surface area contributed by atoms with Gasteiger partial charge in [-0.05, 0) is 31.3 Å². The summed E-state index contributed by atoms with van der Waals surface area (Å²) >= 11 is 1.64. The van der Waals surface area contributed by atoms with E-state index in [-0.39, 0.29) is 0 Å². The lowest BCUT2D eigenvalue weighted by Crippen LogP contribution is -2.09. The Morgan fingerprint density at radius 1 is 1.24 bits per heavy atom. The molecule has 0 aliphatic rings. The van der Waals surface area contributed by atoms with Gasteiger partial charge in [0.2, 0.25) is 0 Å². The van der Waals surface area contributed by atoms with E-state index < -0.39 is 0 Å². The molecule has 0 spiro atoms. The van der Waals surface area contributed by atoms with E-state index in [1.54, 1.807) is 18.4 Å². The lowest BCUT2D eigenvalue weighted by Gasteiger charge is -1.99. The minimum absolute atomic E-state index is 0.855. The Bertz CT molecular complexity index is 467. The van der Waals surface area contributed by atoms with Gasteiger partial charge in [-0.15, -0.1) is 10.2 Å². The Labute approximate surface area is 105 Å². The fourth-order valence-corrected chi connectivity index (χ4v) is 2.28. The summed E-state index contributed by atoms with van der Waals surface area (Å²) < 4.78 is 5.12. The summed E-state index contributed by atoms with van der Waals surface area (Å²) in [7, 11) is 3.60. The third-order valence-corrected chi connectivity index (χ3v) is 3.42. The average Bonchev–Trinajstić information content (AvgIpc) is 2.85. The topological polar surface area (TPSA) is 47.0 Å². The number of aromatic nitrogens is 2. The number of methoxy groups -OCH3 is 1. The molecule has 0 saturated carbocycles. The summed E-state index contributed by atoms with van der Waals surface area (Å²) in [5.41, 5.74) is 1.08. The zero-order valence-corrected chi connectivity index (χ0v) is 10.8. The van der Waals surface area contributed by atoms with Crippen LogP contribution in [0.5, 0.6) is 5.75 Å². The largest absolute Gasteiger partial charge is 0.497 e. The van der Waals surface area contributed by atoms with E-state index in [0.717, 1.165) is 34.3 Å². The second-order valence-electron chi connectivity index (χ2n) is 3.58. The molecule has 4 nitrogen and oxygen atoms in total. The second-order valence-corrected chi connectivity index (χ2v) is 4.65. The molecule has 2 aromatic rings. The summed E-state index contributed by atoms with van der Waals surface area (Å²) in [6, 6.07) is 7.87. The summed E-state index contributed by atoms with van der Waals surface area (Å²) in [6.07, 6.45) is 0.921. The molecule has 17 heavy (non-hydrogen) atoms. The number of likely N-dealkylation sites (N-methyl/N-ethyl adjacent to an activating group) is 1. The molecule has 1 heterocycles. The molecular formula is C12H15N3OS. The molecule has 0 unspecified atom stereocenters. The molecule has 90 valence electrons. The van der Waals surface area contributed by atoms with E-state index in [1.807, 2.05) is 31.3 Å². The highest BCUT2D eigenvalue weighted by molar-refractivity contribution is 7.14. The Morgan fingerprint density at radius 3 is 2.65 bits per heavy atom. The quantitative estimate of drug-likeness (QED) is 0.880. The van der Waals surface area contributed by atoms with Crippen molar-refractivity contribution < 1.29 is 4.74 Å². The van der Waals surface area contributed by atoms with Crippen LogP contribution in [0.3, 0.4) is 0 Å². The van der Waals surface area contributed by atoms with E-state index in [2.05, 4.69) is 15.5 Å². The van der Waals surface area contributed by atoms with Crippen molar-refractivity contribution in [3.8, 4) is 16.3 Å². The normalized spacial score (nSPS) is 10.5. The molecule has 0 saturated heterocycles. The zero-order valence-electron chi connectivity index (χ0n) is 9.93. The zero-order chi connectivity index (χ0) is 12.1. The van der Waals surface area contributed by atoms with Gasteiger partial charge in [0.05, 0.1) is 7.11 Å². The lowest BCUT2D eigenvalue weighted by atomic mass is 10.2. The van der Waals surface area contributed by atoms with Gasteiger partial charge in [-0.3, -0.25) is 0 Å². The van der Waals surface area contributed by atoms with Crippen LogP contribution in [0.25, 0.3) is 10.6 Å². The highest BCUT2D eigenvalue weighted by atomic mass is 32.1. The first-order valence-corrected chi connectivity index (χ1v) is 6.26. The summed E-state index contributed by atoms with van der Waals surface area (Å²) in [5, 5.41) is 13.5. The minimum Gasteiger partial charge on any atom is -0.497 e. The molecular weight excluding hydrogens is 234 g/mol. The average molecular weight is 249 g/mol. The molecule has 0 aliphatic carbocycles. The third kappa shape index (κ3) is 3.01. The van der Waals surface area contributed by atoms with E-state index in [4.69, 9.17) is 4.74 Å². The van der Waals surface area contributed by atoms with E-state index in [0.29, 0.717) is 0 Å². The van der Waals surface area contributed by atoms with Crippen LogP contribution in [-0.4, -0.2) is 30.9 Å². The van der Waals surface area contributed by atoms with Crippen molar-refractivity contribution in [1.29, 1.82) is 0 Å². The van der Waals surface area contributed by atoms with Crippen LogP contribution in [-0.2, 0) is 6.42 Å². The van der Waals surface area contributed by atoms with Gasteiger partial charge in [-0.1, -0.05) is 11.3 Å². The van der Waals surface area contributed by atoms with Crippen molar-refractivity contribution >= 4 is 11.3 Å². The van der Waals surface area contributed by atoms with Gasteiger partial charge in [0.1, 0.15) is 15.8 Å². The smallest absolute Gasteiger partial charge is 0.147 e. The highest BCUT2D eigenvalue weighted by Crippen LogP contribution is 2.25. The van der Waals surface area contributed by atoms with Gasteiger partial charge < -0.3 is 10.1 Å². The Hall–Kier alpha value is -1.46. The maximum atomic E-state index is 5.12. The summed E-state index contributed by atoms with van der Waals surface area (Å²) in [5.74, 6) is 0.855. The molecule has 1 aromatic carbocycles. The molecule has 0 fully saturated rings. The van der Waals surface area contributed by atoms with Crippen LogP contribution in [0.2, 0.25) is 0 Å². The maximum Gasteiger partial charge on any atom is 0.147 e. The highest BCUT2D eigenvalue weighted by Gasteiger charge is 2.06. The van der Waals surface area contributed by atoms with Crippen molar-refractivity contribution in [3.05, 3.63) is 29.3 Å². The van der Waals surface area contributed by atoms with Gasteiger partial charge in [-0.25, -0.2) is 0 Å². The second kappa shape index (κ2) is 5.75. The summed E-state index contributed by atoms with van der Waals surface area (Å²) in [6.45, 7) is 0.928. The number of rotatable bonds is 5.